The number of aliphatic hydroxyl groups excluding tert-OH is 2. The molecule has 1 saturated heterocycles. The zero-order valence-electron chi connectivity index (χ0n) is 16.7. The third-order valence-electron chi connectivity index (χ3n) is 4.68. The van der Waals surface area contributed by atoms with Crippen LogP contribution in [0.25, 0.3) is 11.2 Å². The second-order valence-corrected chi connectivity index (χ2v) is 8.45. The fraction of sp³-hybridized carbons (Fsp3) is 0.667. The first kappa shape index (κ1) is 20.6. The number of hydrogen-bond acceptors (Lipinski definition) is 9. The number of aliphatic hydroxyl groups is 2. The maximum Gasteiger partial charge on any atom is 0.181 e. The van der Waals surface area contributed by atoms with Crippen LogP contribution in [0.15, 0.2) is 12.7 Å². The smallest absolute Gasteiger partial charge is 0.181 e. The number of nitrogens with one attached hydrogen (secondary N) is 1. The number of anilines is 1. The van der Waals surface area contributed by atoms with Crippen molar-refractivity contribution >= 4 is 22.8 Å². The number of nitrogens with zero attached hydrogens (tertiary/aromatic N) is 4. The molecule has 0 saturated carbocycles. The van der Waals surface area contributed by atoms with E-state index in [9.17, 15) is 15.0 Å². The van der Waals surface area contributed by atoms with Crippen molar-refractivity contribution in [2.24, 2.45) is 5.41 Å². The van der Waals surface area contributed by atoms with Gasteiger partial charge in [0.15, 0.2) is 22.8 Å². The van der Waals surface area contributed by atoms with Crippen molar-refractivity contribution in [1.82, 2.24) is 19.5 Å². The second kappa shape index (κ2) is 7.36. The van der Waals surface area contributed by atoms with Gasteiger partial charge in [-0.1, -0.05) is 20.8 Å². The van der Waals surface area contributed by atoms with Crippen molar-refractivity contribution in [3.05, 3.63) is 12.7 Å². The Morgan fingerprint density at radius 3 is 2.64 bits per heavy atom. The van der Waals surface area contributed by atoms with Gasteiger partial charge in [-0.2, -0.15) is 0 Å². The average Bonchev–Trinajstić information content (AvgIpc) is 3.21. The summed E-state index contributed by atoms with van der Waals surface area (Å²) in [7, 11) is 0. The highest BCUT2D eigenvalue weighted by molar-refractivity contribution is 5.91. The topological polar surface area (TPSA) is 132 Å². The third-order valence-corrected chi connectivity index (χ3v) is 4.68. The van der Waals surface area contributed by atoms with E-state index in [0.29, 0.717) is 23.4 Å². The van der Waals surface area contributed by atoms with E-state index < -0.39 is 29.5 Å². The number of hydrogen-bond donors (Lipinski definition) is 3. The summed E-state index contributed by atoms with van der Waals surface area (Å²) in [6, 6.07) is 0. The number of imidazole rings is 1. The largest absolute Gasteiger partial charge is 0.394 e. The number of fused-ring (bicyclic) bond motifs is 1. The Labute approximate surface area is 162 Å². The molecule has 0 radical (unpaired) electrons. The van der Waals surface area contributed by atoms with Gasteiger partial charge >= 0.3 is 0 Å². The highest BCUT2D eigenvalue weighted by Crippen LogP contribution is 2.32. The molecule has 2 aromatic heterocycles. The van der Waals surface area contributed by atoms with Crippen LogP contribution in [0.1, 0.15) is 47.3 Å². The lowest BCUT2D eigenvalue weighted by Gasteiger charge is -2.30. The Morgan fingerprint density at radius 2 is 2.04 bits per heavy atom. The molecule has 10 heteroatoms. The summed E-state index contributed by atoms with van der Waals surface area (Å²) >= 11 is 0. The van der Waals surface area contributed by atoms with Crippen LogP contribution in [0.5, 0.6) is 0 Å². The minimum absolute atomic E-state index is 0.0632. The van der Waals surface area contributed by atoms with Gasteiger partial charge in [-0.25, -0.2) is 20.4 Å². The highest BCUT2D eigenvalue weighted by Gasteiger charge is 2.38. The van der Waals surface area contributed by atoms with E-state index in [2.05, 4.69) is 20.4 Å². The number of carbonyl (C=O) groups is 1. The van der Waals surface area contributed by atoms with Crippen LogP contribution >= 0.6 is 0 Å². The molecule has 28 heavy (non-hydrogen) atoms. The summed E-state index contributed by atoms with van der Waals surface area (Å²) in [6.45, 7) is 8.61. The van der Waals surface area contributed by atoms with Gasteiger partial charge in [-0.3, -0.25) is 14.2 Å². The molecular formula is C18H27N5O5. The van der Waals surface area contributed by atoms with Crippen molar-refractivity contribution in [2.45, 2.75) is 65.1 Å². The molecule has 3 N–H and O–H groups in total. The van der Waals surface area contributed by atoms with Crippen LogP contribution in [0.2, 0.25) is 0 Å². The fourth-order valence-corrected chi connectivity index (χ4v) is 3.31. The van der Waals surface area contributed by atoms with E-state index in [1.165, 1.54) is 12.7 Å². The first-order chi connectivity index (χ1) is 13.0. The number of aromatic nitrogens is 4. The summed E-state index contributed by atoms with van der Waals surface area (Å²) in [4.78, 5) is 30.9. The number of carbonyl (C=O) groups excluding carboxylic acids is 1. The monoisotopic (exact) mass is 393 g/mol. The summed E-state index contributed by atoms with van der Waals surface area (Å²) in [5.74, 6) is 0.252. The van der Waals surface area contributed by atoms with Gasteiger partial charge in [0.05, 0.1) is 19.0 Å². The zero-order chi connectivity index (χ0) is 20.7. The number of rotatable bonds is 6. The molecule has 1 aliphatic heterocycles. The van der Waals surface area contributed by atoms with Gasteiger partial charge in [0.1, 0.15) is 24.3 Å². The Hall–Kier alpha value is -2.14. The van der Waals surface area contributed by atoms with Crippen molar-refractivity contribution in [3.63, 3.8) is 0 Å². The molecule has 3 atom stereocenters. The quantitative estimate of drug-likeness (QED) is 0.619. The Kier molecular flexibility index (Phi) is 5.41. The fourth-order valence-electron chi connectivity index (χ4n) is 3.31. The molecule has 2 aromatic rings. The van der Waals surface area contributed by atoms with Gasteiger partial charge in [-0.05, 0) is 13.8 Å². The maximum atomic E-state index is 12.6. The Morgan fingerprint density at radius 1 is 1.32 bits per heavy atom. The second-order valence-electron chi connectivity index (χ2n) is 8.45. The first-order valence-electron chi connectivity index (χ1n) is 9.15. The van der Waals surface area contributed by atoms with Gasteiger partial charge in [0, 0.05) is 11.8 Å². The minimum Gasteiger partial charge on any atom is -0.394 e. The van der Waals surface area contributed by atoms with Crippen LogP contribution in [0.3, 0.4) is 0 Å². The average molecular weight is 393 g/mol. The highest BCUT2D eigenvalue weighted by atomic mass is 16.7. The molecule has 0 unspecified atom stereocenters. The lowest BCUT2D eigenvalue weighted by molar-refractivity contribution is -0.145. The lowest BCUT2D eigenvalue weighted by Crippen LogP contribution is -2.44. The predicted molar refractivity (Wildman–Crippen MR) is 100 cm³/mol. The van der Waals surface area contributed by atoms with Gasteiger partial charge in [0.2, 0.25) is 0 Å². The summed E-state index contributed by atoms with van der Waals surface area (Å²) in [6.07, 6.45) is 1.29. The van der Waals surface area contributed by atoms with Crippen LogP contribution in [-0.4, -0.2) is 59.9 Å². The Balaban J connectivity index is 1.81. The summed E-state index contributed by atoms with van der Waals surface area (Å²) in [5, 5.41) is 19.2. The molecule has 1 fully saturated rings. The normalized spacial score (nSPS) is 23.3. The van der Waals surface area contributed by atoms with Crippen LogP contribution in [0.4, 0.5) is 5.82 Å². The molecule has 0 bridgehead atoms. The van der Waals surface area contributed by atoms with E-state index in [1.807, 2.05) is 20.8 Å². The molecular weight excluding hydrogens is 366 g/mol. The van der Waals surface area contributed by atoms with Crippen molar-refractivity contribution in [2.75, 3.05) is 12.1 Å². The van der Waals surface area contributed by atoms with Gasteiger partial charge in [0.25, 0.3) is 0 Å². The number of Topliss-reactive ketones (excluding diaryl/α,β-unsaturated/α-hetero) is 1. The van der Waals surface area contributed by atoms with Crippen molar-refractivity contribution in [1.29, 1.82) is 0 Å². The van der Waals surface area contributed by atoms with E-state index in [4.69, 9.17) is 9.57 Å². The van der Waals surface area contributed by atoms with Gasteiger partial charge < -0.3 is 14.9 Å². The standard InChI is InChI=1S/C18H27N5O5/c1-17(2,3)16(26)18(4,5)28-22-14-13-15(20-8-19-14)23(9-21-13)12-6-10(25)11(7-24)27-12/h8-12,24-25H,6-7H2,1-5H3,(H,19,20,22)/t10-,11+,12+/m0/s1. The number of ether oxygens (including phenoxy) is 1. The maximum absolute atomic E-state index is 12.6. The minimum atomic E-state index is -1.08. The third kappa shape index (κ3) is 3.86. The summed E-state index contributed by atoms with van der Waals surface area (Å²) < 4.78 is 7.34. The lowest BCUT2D eigenvalue weighted by atomic mass is 9.82. The number of ketones is 1. The molecule has 0 aromatic carbocycles. The van der Waals surface area contributed by atoms with Crippen LogP contribution < -0.4 is 5.48 Å². The zero-order valence-corrected chi connectivity index (χ0v) is 16.7. The first-order valence-corrected chi connectivity index (χ1v) is 9.15. The Bertz CT molecular complexity index is 860. The molecule has 154 valence electrons. The van der Waals surface area contributed by atoms with E-state index in [0.717, 1.165) is 0 Å². The van der Waals surface area contributed by atoms with E-state index in [1.54, 1.807) is 18.4 Å². The van der Waals surface area contributed by atoms with Crippen LogP contribution in [-0.2, 0) is 14.4 Å². The van der Waals surface area contributed by atoms with Crippen LogP contribution in [0, 0.1) is 5.41 Å². The summed E-state index contributed by atoms with van der Waals surface area (Å²) in [5.41, 5.74) is 2.02. The van der Waals surface area contributed by atoms with E-state index in [-0.39, 0.29) is 12.4 Å². The molecule has 10 nitrogen and oxygen atoms in total. The SMILES string of the molecule is CC(C)(C)C(=O)C(C)(C)ONc1ncnc2c1ncn2[C@H]1C[C@H](O)[C@@H](CO)O1. The van der Waals surface area contributed by atoms with Crippen molar-refractivity contribution in [3.8, 4) is 0 Å². The molecule has 0 amide bonds. The predicted octanol–water partition coefficient (Wildman–Crippen LogP) is 1.20. The molecule has 1 aliphatic rings. The molecule has 3 rings (SSSR count). The molecule has 0 spiro atoms. The molecule has 0 aliphatic carbocycles. The molecule has 3 heterocycles. The van der Waals surface area contributed by atoms with E-state index >= 15 is 0 Å². The van der Waals surface area contributed by atoms with Crippen molar-refractivity contribution < 1.29 is 24.6 Å². The van der Waals surface area contributed by atoms with Gasteiger partial charge in [-0.15, -0.1) is 0 Å².